The molecule has 0 bridgehead atoms. The third-order valence-corrected chi connectivity index (χ3v) is 3.50. The van der Waals surface area contributed by atoms with Crippen LogP contribution in [-0.2, 0) is 6.42 Å². The molecule has 16 heavy (non-hydrogen) atoms. The molecule has 84 valence electrons. The number of rotatable bonds is 4. The molecule has 0 aliphatic heterocycles. The quantitative estimate of drug-likeness (QED) is 0.879. The van der Waals surface area contributed by atoms with Crippen LogP contribution in [0, 0.1) is 6.92 Å². The first kappa shape index (κ1) is 11.3. The lowest BCUT2D eigenvalue weighted by molar-refractivity contribution is 0.646. The summed E-state index contributed by atoms with van der Waals surface area (Å²) in [6, 6.07) is 8.31. The number of nitrogens with zero attached hydrogens (tertiary/aromatic N) is 1. The van der Waals surface area contributed by atoms with Gasteiger partial charge < -0.3 is 5.73 Å². The van der Waals surface area contributed by atoms with Crippen LogP contribution in [0.1, 0.15) is 28.6 Å². The Labute approximate surface area is 100 Å². The largest absolute Gasteiger partial charge is 0.324 e. The third-order valence-electron chi connectivity index (χ3n) is 2.62. The van der Waals surface area contributed by atoms with Gasteiger partial charge in [0.1, 0.15) is 0 Å². The average molecular weight is 232 g/mol. The minimum Gasteiger partial charge on any atom is -0.324 e. The smallest absolute Gasteiger partial charge is 0.0404 e. The van der Waals surface area contributed by atoms with Crippen LogP contribution in [0.3, 0.4) is 0 Å². The molecule has 2 rings (SSSR count). The van der Waals surface area contributed by atoms with E-state index in [1.54, 1.807) is 11.3 Å². The number of aryl methyl sites for hydroxylation is 2. The first-order chi connectivity index (χ1) is 7.75. The fraction of sp³-hybridized carbons (Fsp3) is 0.308. The van der Waals surface area contributed by atoms with E-state index in [-0.39, 0.29) is 6.04 Å². The molecule has 0 saturated heterocycles. The maximum Gasteiger partial charge on any atom is 0.0404 e. The van der Waals surface area contributed by atoms with Crippen LogP contribution < -0.4 is 5.73 Å². The molecule has 0 aliphatic rings. The monoisotopic (exact) mass is 232 g/mol. The van der Waals surface area contributed by atoms with Crippen molar-refractivity contribution in [1.29, 1.82) is 0 Å². The lowest BCUT2D eigenvalue weighted by Crippen LogP contribution is -2.10. The molecule has 2 aromatic rings. The van der Waals surface area contributed by atoms with Crippen LogP contribution in [0.15, 0.2) is 35.8 Å². The van der Waals surface area contributed by atoms with Crippen molar-refractivity contribution in [3.63, 3.8) is 0 Å². The van der Waals surface area contributed by atoms with Gasteiger partial charge in [-0.1, -0.05) is 6.07 Å². The zero-order valence-electron chi connectivity index (χ0n) is 9.39. The Morgan fingerprint density at radius 3 is 2.94 bits per heavy atom. The summed E-state index contributed by atoms with van der Waals surface area (Å²) in [6.45, 7) is 2.11. The molecule has 0 saturated carbocycles. The van der Waals surface area contributed by atoms with E-state index in [2.05, 4.69) is 23.4 Å². The number of thiophene rings is 1. The highest BCUT2D eigenvalue weighted by molar-refractivity contribution is 7.10. The normalized spacial score (nSPS) is 12.6. The summed E-state index contributed by atoms with van der Waals surface area (Å²) in [7, 11) is 0. The van der Waals surface area contributed by atoms with Crippen molar-refractivity contribution < 1.29 is 0 Å². The Morgan fingerprint density at radius 1 is 1.44 bits per heavy atom. The lowest BCUT2D eigenvalue weighted by atomic mass is 10.0. The zero-order chi connectivity index (χ0) is 11.4. The second-order valence-corrected chi connectivity index (χ2v) is 5.07. The minimum atomic E-state index is 0.131. The molecule has 0 radical (unpaired) electrons. The lowest BCUT2D eigenvalue weighted by Gasteiger charge is -2.08. The van der Waals surface area contributed by atoms with Crippen LogP contribution in [0.4, 0.5) is 0 Å². The Morgan fingerprint density at radius 2 is 2.31 bits per heavy atom. The molecule has 0 aliphatic carbocycles. The Kier molecular flexibility index (Phi) is 3.70. The van der Waals surface area contributed by atoms with E-state index in [0.717, 1.165) is 18.5 Å². The highest BCUT2D eigenvalue weighted by Gasteiger charge is 2.07. The zero-order valence-corrected chi connectivity index (χ0v) is 10.2. The van der Waals surface area contributed by atoms with Gasteiger partial charge in [0.05, 0.1) is 0 Å². The van der Waals surface area contributed by atoms with E-state index in [4.69, 9.17) is 5.73 Å². The van der Waals surface area contributed by atoms with Crippen molar-refractivity contribution in [2.75, 3.05) is 0 Å². The number of aromatic nitrogens is 1. The van der Waals surface area contributed by atoms with E-state index >= 15 is 0 Å². The topological polar surface area (TPSA) is 38.9 Å². The van der Waals surface area contributed by atoms with Gasteiger partial charge in [0.25, 0.3) is 0 Å². The summed E-state index contributed by atoms with van der Waals surface area (Å²) in [5.74, 6) is 0. The van der Waals surface area contributed by atoms with Gasteiger partial charge in [0.2, 0.25) is 0 Å². The van der Waals surface area contributed by atoms with Crippen molar-refractivity contribution >= 4 is 11.3 Å². The Balaban J connectivity index is 1.91. The van der Waals surface area contributed by atoms with Gasteiger partial charge in [-0.25, -0.2) is 0 Å². The van der Waals surface area contributed by atoms with Crippen molar-refractivity contribution in [3.8, 4) is 0 Å². The third kappa shape index (κ3) is 2.90. The van der Waals surface area contributed by atoms with Crippen molar-refractivity contribution in [3.05, 3.63) is 52.0 Å². The molecule has 2 nitrogen and oxygen atoms in total. The maximum atomic E-state index is 6.14. The van der Waals surface area contributed by atoms with Gasteiger partial charge in [0, 0.05) is 22.8 Å². The molecule has 1 atom stereocenters. The summed E-state index contributed by atoms with van der Waals surface area (Å²) < 4.78 is 0. The standard InChI is InChI=1S/C13H16N2S/c1-10-8-11(9-16-10)13(14)6-5-12-4-2-3-7-15-12/h2-4,7-9,13H,5-6,14H2,1H3. The minimum absolute atomic E-state index is 0.131. The summed E-state index contributed by atoms with van der Waals surface area (Å²) >= 11 is 1.76. The molecule has 0 aromatic carbocycles. The van der Waals surface area contributed by atoms with E-state index in [0.29, 0.717) is 0 Å². The second kappa shape index (κ2) is 5.23. The van der Waals surface area contributed by atoms with E-state index in [1.165, 1.54) is 10.4 Å². The van der Waals surface area contributed by atoms with Gasteiger partial charge in [-0.05, 0) is 48.9 Å². The highest BCUT2D eigenvalue weighted by Crippen LogP contribution is 2.21. The first-order valence-electron chi connectivity index (χ1n) is 5.46. The number of hydrogen-bond donors (Lipinski definition) is 1. The van der Waals surface area contributed by atoms with Crippen LogP contribution >= 0.6 is 11.3 Å². The summed E-state index contributed by atoms with van der Waals surface area (Å²) in [5.41, 5.74) is 8.50. The van der Waals surface area contributed by atoms with Crippen LogP contribution in [0.25, 0.3) is 0 Å². The Hall–Kier alpha value is -1.19. The van der Waals surface area contributed by atoms with Crippen LogP contribution in [0.5, 0.6) is 0 Å². The van der Waals surface area contributed by atoms with Gasteiger partial charge >= 0.3 is 0 Å². The molecule has 0 fully saturated rings. The van der Waals surface area contributed by atoms with E-state index in [1.807, 2.05) is 24.4 Å². The molecule has 1 unspecified atom stereocenters. The molecule has 3 heteroatoms. The first-order valence-corrected chi connectivity index (χ1v) is 6.34. The predicted octanol–water partition coefficient (Wildman–Crippen LogP) is 3.08. The SMILES string of the molecule is Cc1cc(C(N)CCc2ccccn2)cs1. The van der Waals surface area contributed by atoms with Gasteiger partial charge in [-0.15, -0.1) is 11.3 Å². The molecular weight excluding hydrogens is 216 g/mol. The number of pyridine rings is 1. The average Bonchev–Trinajstić information content (AvgIpc) is 2.74. The second-order valence-electron chi connectivity index (χ2n) is 3.96. The van der Waals surface area contributed by atoms with Gasteiger partial charge in [-0.2, -0.15) is 0 Å². The molecule has 2 N–H and O–H groups in total. The van der Waals surface area contributed by atoms with E-state index < -0.39 is 0 Å². The molecular formula is C13H16N2S. The van der Waals surface area contributed by atoms with Crippen molar-refractivity contribution in [2.45, 2.75) is 25.8 Å². The predicted molar refractivity (Wildman–Crippen MR) is 68.5 cm³/mol. The molecule has 0 spiro atoms. The van der Waals surface area contributed by atoms with Crippen LogP contribution in [-0.4, -0.2) is 4.98 Å². The Bertz CT molecular complexity index is 436. The summed E-state index contributed by atoms with van der Waals surface area (Å²) in [5, 5.41) is 2.15. The molecule has 2 aromatic heterocycles. The van der Waals surface area contributed by atoms with Crippen molar-refractivity contribution in [1.82, 2.24) is 4.98 Å². The maximum absolute atomic E-state index is 6.14. The molecule has 2 heterocycles. The highest BCUT2D eigenvalue weighted by atomic mass is 32.1. The van der Waals surface area contributed by atoms with Gasteiger partial charge in [-0.3, -0.25) is 4.98 Å². The summed E-state index contributed by atoms with van der Waals surface area (Å²) in [6.07, 6.45) is 3.72. The van der Waals surface area contributed by atoms with E-state index in [9.17, 15) is 0 Å². The molecule has 0 amide bonds. The fourth-order valence-electron chi connectivity index (χ4n) is 1.67. The van der Waals surface area contributed by atoms with Gasteiger partial charge in [0.15, 0.2) is 0 Å². The fourth-order valence-corrected chi connectivity index (χ4v) is 2.44. The van der Waals surface area contributed by atoms with Crippen LogP contribution in [0.2, 0.25) is 0 Å². The summed E-state index contributed by atoms with van der Waals surface area (Å²) in [4.78, 5) is 5.62. The van der Waals surface area contributed by atoms with Crippen molar-refractivity contribution in [2.24, 2.45) is 5.73 Å². The number of nitrogens with two attached hydrogens (primary N) is 1. The number of hydrogen-bond acceptors (Lipinski definition) is 3.